The second-order valence-corrected chi connectivity index (χ2v) is 6.60. The van der Waals surface area contributed by atoms with Crippen LogP contribution in [0, 0.1) is 13.8 Å². The summed E-state index contributed by atoms with van der Waals surface area (Å²) in [6.45, 7) is 4.35. The topological polar surface area (TPSA) is 90.7 Å². The van der Waals surface area contributed by atoms with Crippen LogP contribution in [0.2, 0.25) is 0 Å². The Morgan fingerprint density at radius 1 is 1.24 bits per heavy atom. The van der Waals surface area contributed by atoms with Crippen molar-refractivity contribution in [1.82, 2.24) is 5.32 Å². The van der Waals surface area contributed by atoms with Crippen LogP contribution in [0.25, 0.3) is 0 Å². The fourth-order valence-electron chi connectivity index (χ4n) is 2.28. The van der Waals surface area contributed by atoms with Gasteiger partial charge in [-0.3, -0.25) is 4.79 Å². The van der Waals surface area contributed by atoms with Gasteiger partial charge in [0.25, 0.3) is 0 Å². The molecule has 1 atom stereocenters. The molecule has 0 aliphatic rings. The minimum atomic E-state index is -0.676. The molecule has 1 aromatic heterocycles. The quantitative estimate of drug-likeness (QED) is 0.558. The highest BCUT2D eigenvalue weighted by atomic mass is 32.1. The van der Waals surface area contributed by atoms with Crippen molar-refractivity contribution >= 4 is 23.3 Å². The number of hydrogen-bond donors (Lipinski definition) is 2. The molecule has 6 nitrogen and oxygen atoms in total. The number of nitrogens with two attached hydrogens (primary N) is 1. The van der Waals surface area contributed by atoms with Gasteiger partial charge in [0, 0.05) is 4.88 Å². The predicted molar refractivity (Wildman–Crippen MR) is 96.8 cm³/mol. The summed E-state index contributed by atoms with van der Waals surface area (Å²) in [6.07, 6.45) is 0.0208. The third-order valence-electron chi connectivity index (χ3n) is 3.52. The van der Waals surface area contributed by atoms with E-state index in [1.54, 1.807) is 0 Å². The number of primary amides is 1. The molecule has 7 heteroatoms. The monoisotopic (exact) mass is 362 g/mol. The summed E-state index contributed by atoms with van der Waals surface area (Å²) in [5.74, 6) is 0.361. The van der Waals surface area contributed by atoms with Gasteiger partial charge in [0.05, 0.1) is 12.5 Å². The van der Waals surface area contributed by atoms with Crippen molar-refractivity contribution in [2.75, 3.05) is 13.2 Å². The van der Waals surface area contributed by atoms with Gasteiger partial charge in [-0.15, -0.1) is 11.3 Å². The highest BCUT2D eigenvalue weighted by Crippen LogP contribution is 2.22. The Labute approximate surface area is 150 Å². The van der Waals surface area contributed by atoms with Gasteiger partial charge in [-0.2, -0.15) is 0 Å². The molecule has 25 heavy (non-hydrogen) atoms. The van der Waals surface area contributed by atoms with Crippen LogP contribution in [-0.2, 0) is 9.53 Å². The van der Waals surface area contributed by atoms with Gasteiger partial charge in [-0.1, -0.05) is 18.2 Å². The largest absolute Gasteiger partial charge is 0.490 e. The average molecular weight is 362 g/mol. The first-order valence-corrected chi connectivity index (χ1v) is 8.78. The number of hydrogen-bond acceptors (Lipinski definition) is 5. The van der Waals surface area contributed by atoms with Crippen molar-refractivity contribution < 1.29 is 19.1 Å². The van der Waals surface area contributed by atoms with Crippen LogP contribution in [0.3, 0.4) is 0 Å². The molecule has 1 heterocycles. The van der Waals surface area contributed by atoms with Gasteiger partial charge in [-0.05, 0) is 42.5 Å². The Morgan fingerprint density at radius 2 is 2.04 bits per heavy atom. The summed E-state index contributed by atoms with van der Waals surface area (Å²) in [4.78, 5) is 24.0. The van der Waals surface area contributed by atoms with E-state index < -0.39 is 18.0 Å². The highest BCUT2D eigenvalue weighted by molar-refractivity contribution is 7.10. The number of nitrogens with one attached hydrogen (secondary N) is 1. The smallest absolute Gasteiger partial charge is 0.312 e. The number of carbonyl (C=O) groups excluding carboxylic acids is 2. The number of thiophene rings is 1. The van der Waals surface area contributed by atoms with Crippen LogP contribution < -0.4 is 15.8 Å². The summed E-state index contributed by atoms with van der Waals surface area (Å²) in [5.41, 5.74) is 7.30. The molecule has 0 saturated carbocycles. The summed E-state index contributed by atoms with van der Waals surface area (Å²) < 4.78 is 10.8. The van der Waals surface area contributed by atoms with Gasteiger partial charge in [-0.25, -0.2) is 4.79 Å². The Kier molecular flexibility index (Phi) is 6.82. The summed E-state index contributed by atoms with van der Waals surface area (Å²) in [7, 11) is 0. The summed E-state index contributed by atoms with van der Waals surface area (Å²) >= 11 is 1.44. The molecule has 2 rings (SSSR count). The first kappa shape index (κ1) is 18.8. The number of aryl methyl sites for hydroxylation is 2. The van der Waals surface area contributed by atoms with Crippen molar-refractivity contribution in [1.29, 1.82) is 0 Å². The lowest BCUT2D eigenvalue weighted by Gasteiger charge is -2.15. The van der Waals surface area contributed by atoms with E-state index >= 15 is 0 Å². The highest BCUT2D eigenvalue weighted by Gasteiger charge is 2.19. The van der Waals surface area contributed by atoms with E-state index in [0.717, 1.165) is 21.8 Å². The average Bonchev–Trinajstić information content (AvgIpc) is 3.08. The molecule has 0 saturated heterocycles. The zero-order valence-electron chi connectivity index (χ0n) is 14.3. The van der Waals surface area contributed by atoms with Gasteiger partial charge in [0.2, 0.25) is 0 Å². The molecule has 0 unspecified atom stereocenters. The summed E-state index contributed by atoms with van der Waals surface area (Å²) in [6, 6.07) is 8.47. The Morgan fingerprint density at radius 3 is 2.72 bits per heavy atom. The van der Waals surface area contributed by atoms with Crippen molar-refractivity contribution in [2.45, 2.75) is 26.3 Å². The number of carbonyl (C=O) groups is 2. The lowest BCUT2D eigenvalue weighted by molar-refractivity contribution is -0.144. The molecular formula is C18H22N2O4S. The van der Waals surface area contributed by atoms with Crippen LogP contribution in [0.4, 0.5) is 4.79 Å². The lowest BCUT2D eigenvalue weighted by atomic mass is 10.1. The fraction of sp³-hybridized carbons (Fsp3) is 0.333. The zero-order chi connectivity index (χ0) is 18.2. The van der Waals surface area contributed by atoms with Gasteiger partial charge < -0.3 is 20.5 Å². The third kappa shape index (κ3) is 6.11. The minimum Gasteiger partial charge on any atom is -0.490 e. The fourth-order valence-corrected chi connectivity index (χ4v) is 3.06. The van der Waals surface area contributed by atoms with Crippen molar-refractivity contribution in [3.63, 3.8) is 0 Å². The molecule has 0 fully saturated rings. The second kappa shape index (κ2) is 9.08. The minimum absolute atomic E-state index is 0.0208. The maximum Gasteiger partial charge on any atom is 0.312 e. The van der Waals surface area contributed by atoms with Crippen molar-refractivity contribution in [3.8, 4) is 5.75 Å². The Hall–Kier alpha value is -2.54. The van der Waals surface area contributed by atoms with Crippen LogP contribution in [0.5, 0.6) is 5.75 Å². The predicted octanol–water partition coefficient (Wildman–Crippen LogP) is 3.09. The number of amides is 2. The maximum atomic E-state index is 12.0. The molecule has 1 aromatic carbocycles. The third-order valence-corrected chi connectivity index (χ3v) is 4.51. The SMILES string of the molecule is Cc1ccc(C)c(OCCOC(=O)C[C@H](NC(N)=O)c2cccs2)c1. The molecule has 0 radical (unpaired) electrons. The molecule has 0 spiro atoms. The molecule has 0 aliphatic carbocycles. The molecule has 0 aliphatic heterocycles. The number of benzene rings is 1. The van der Waals surface area contributed by atoms with E-state index in [4.69, 9.17) is 15.2 Å². The van der Waals surface area contributed by atoms with E-state index in [9.17, 15) is 9.59 Å². The van der Waals surface area contributed by atoms with Crippen LogP contribution in [0.15, 0.2) is 35.7 Å². The van der Waals surface area contributed by atoms with Gasteiger partial charge >= 0.3 is 12.0 Å². The number of esters is 1. The summed E-state index contributed by atoms with van der Waals surface area (Å²) in [5, 5.41) is 4.43. The van der Waals surface area contributed by atoms with Crippen LogP contribution >= 0.6 is 11.3 Å². The standard InChI is InChI=1S/C18H22N2O4S/c1-12-5-6-13(2)15(10-12)23-7-8-24-17(21)11-14(20-18(19)22)16-4-3-9-25-16/h3-6,9-10,14H,7-8,11H2,1-2H3,(H3,19,20,22)/t14-/m0/s1. The van der Waals surface area contributed by atoms with E-state index in [-0.39, 0.29) is 19.6 Å². The van der Waals surface area contributed by atoms with E-state index in [2.05, 4.69) is 5.32 Å². The first-order valence-electron chi connectivity index (χ1n) is 7.90. The first-order chi connectivity index (χ1) is 12.0. The van der Waals surface area contributed by atoms with Crippen LogP contribution in [0.1, 0.15) is 28.5 Å². The Bertz CT molecular complexity index is 716. The zero-order valence-corrected chi connectivity index (χ0v) is 15.1. The second-order valence-electron chi connectivity index (χ2n) is 5.62. The van der Waals surface area contributed by atoms with Gasteiger partial charge in [0.15, 0.2) is 0 Å². The van der Waals surface area contributed by atoms with E-state index in [1.165, 1.54) is 11.3 Å². The Balaban J connectivity index is 1.79. The van der Waals surface area contributed by atoms with Crippen LogP contribution in [-0.4, -0.2) is 25.2 Å². The number of urea groups is 1. The lowest BCUT2D eigenvalue weighted by Crippen LogP contribution is -2.34. The number of ether oxygens (including phenoxy) is 2. The van der Waals surface area contributed by atoms with Crippen molar-refractivity contribution in [2.24, 2.45) is 5.73 Å². The molecule has 0 bridgehead atoms. The van der Waals surface area contributed by atoms with Gasteiger partial charge in [0.1, 0.15) is 19.0 Å². The van der Waals surface area contributed by atoms with E-state index in [0.29, 0.717) is 0 Å². The molecule has 134 valence electrons. The van der Waals surface area contributed by atoms with Crippen molar-refractivity contribution in [3.05, 3.63) is 51.7 Å². The molecule has 3 N–H and O–H groups in total. The maximum absolute atomic E-state index is 12.0. The molecule has 2 amide bonds. The normalized spacial score (nSPS) is 11.6. The van der Waals surface area contributed by atoms with E-state index in [1.807, 2.05) is 49.6 Å². The molecular weight excluding hydrogens is 340 g/mol. The number of rotatable bonds is 8. The molecule has 2 aromatic rings.